The number of aromatic nitrogens is 2. The quantitative estimate of drug-likeness (QED) is 0.616. The number of carbonyl (C=O) groups is 1. The summed E-state index contributed by atoms with van der Waals surface area (Å²) in [5.74, 6) is 0.882. The van der Waals surface area contributed by atoms with Gasteiger partial charge in [-0.3, -0.25) is 4.79 Å². The summed E-state index contributed by atoms with van der Waals surface area (Å²) in [4.78, 5) is 14.0. The molecule has 1 amide bonds. The number of benzene rings is 2. The van der Waals surface area contributed by atoms with Gasteiger partial charge in [-0.15, -0.1) is 10.2 Å². The van der Waals surface area contributed by atoms with Crippen molar-refractivity contribution in [2.24, 2.45) is 0 Å². The Balaban J connectivity index is 1.55. The number of amides is 1. The van der Waals surface area contributed by atoms with E-state index in [0.717, 1.165) is 11.1 Å². The van der Waals surface area contributed by atoms with E-state index in [0.29, 0.717) is 34.8 Å². The lowest BCUT2D eigenvalue weighted by Crippen LogP contribution is -2.26. The topological polar surface area (TPSA) is 59.2 Å². The highest BCUT2D eigenvalue weighted by atomic mass is 35.5. The average molecular weight is 390 g/mol. The fourth-order valence-corrected chi connectivity index (χ4v) is 2.78. The summed E-state index contributed by atoms with van der Waals surface area (Å²) < 4.78 is 5.62. The second-order valence-electron chi connectivity index (χ2n) is 5.87. The van der Waals surface area contributed by atoms with Crippen molar-refractivity contribution in [1.82, 2.24) is 15.1 Å². The molecule has 3 rings (SSSR count). The molecule has 26 heavy (non-hydrogen) atoms. The van der Waals surface area contributed by atoms with E-state index < -0.39 is 0 Å². The van der Waals surface area contributed by atoms with E-state index in [1.54, 1.807) is 24.1 Å². The van der Waals surface area contributed by atoms with Crippen LogP contribution in [-0.2, 0) is 17.8 Å². The van der Waals surface area contributed by atoms with Crippen LogP contribution in [0.25, 0.3) is 11.5 Å². The first-order chi connectivity index (χ1) is 12.5. The van der Waals surface area contributed by atoms with Crippen LogP contribution in [0.15, 0.2) is 52.9 Å². The van der Waals surface area contributed by atoms with Crippen LogP contribution in [0.5, 0.6) is 0 Å². The number of rotatable bonds is 6. The van der Waals surface area contributed by atoms with Crippen molar-refractivity contribution >= 4 is 29.1 Å². The number of hydrogen-bond acceptors (Lipinski definition) is 4. The van der Waals surface area contributed by atoms with Crippen molar-refractivity contribution in [1.29, 1.82) is 0 Å². The van der Waals surface area contributed by atoms with Crippen LogP contribution in [0.2, 0.25) is 10.0 Å². The van der Waals surface area contributed by atoms with Crippen LogP contribution < -0.4 is 0 Å². The minimum absolute atomic E-state index is 0.0180. The molecular weight excluding hydrogens is 373 g/mol. The largest absolute Gasteiger partial charge is 0.421 e. The van der Waals surface area contributed by atoms with Gasteiger partial charge < -0.3 is 9.32 Å². The predicted molar refractivity (Wildman–Crippen MR) is 101 cm³/mol. The zero-order valence-electron chi connectivity index (χ0n) is 14.2. The van der Waals surface area contributed by atoms with Crippen molar-refractivity contribution in [3.63, 3.8) is 0 Å². The van der Waals surface area contributed by atoms with E-state index in [2.05, 4.69) is 10.2 Å². The van der Waals surface area contributed by atoms with Gasteiger partial charge in [0.05, 0.1) is 10.0 Å². The van der Waals surface area contributed by atoms with Crippen LogP contribution >= 0.6 is 23.2 Å². The van der Waals surface area contributed by atoms with E-state index in [4.69, 9.17) is 27.6 Å². The summed E-state index contributed by atoms with van der Waals surface area (Å²) in [6.07, 6.45) is 0.679. The summed E-state index contributed by atoms with van der Waals surface area (Å²) in [6, 6.07) is 14.9. The first-order valence-electron chi connectivity index (χ1n) is 8.08. The normalized spacial score (nSPS) is 10.7. The minimum Gasteiger partial charge on any atom is -0.421 e. The van der Waals surface area contributed by atoms with Crippen molar-refractivity contribution in [3.8, 4) is 11.5 Å². The minimum atomic E-state index is -0.0180. The third-order valence-electron chi connectivity index (χ3n) is 3.87. The number of carbonyl (C=O) groups excluding carboxylic acids is 1. The molecule has 0 fully saturated rings. The maximum atomic E-state index is 12.3. The molecule has 0 saturated heterocycles. The average Bonchev–Trinajstić information content (AvgIpc) is 3.12. The molecule has 0 saturated carbocycles. The van der Waals surface area contributed by atoms with Crippen LogP contribution in [0.3, 0.4) is 0 Å². The van der Waals surface area contributed by atoms with Gasteiger partial charge in [-0.25, -0.2) is 0 Å². The second-order valence-corrected chi connectivity index (χ2v) is 6.68. The van der Waals surface area contributed by atoms with Gasteiger partial charge in [0.25, 0.3) is 0 Å². The molecule has 0 aliphatic carbocycles. The maximum Gasteiger partial charge on any atom is 0.247 e. The van der Waals surface area contributed by atoms with Gasteiger partial charge in [0.15, 0.2) is 0 Å². The summed E-state index contributed by atoms with van der Waals surface area (Å²) in [7, 11) is 1.74. The molecule has 1 heterocycles. The molecule has 1 aromatic heterocycles. The Hall–Kier alpha value is -2.37. The highest BCUT2D eigenvalue weighted by molar-refractivity contribution is 6.42. The molecule has 3 aromatic rings. The molecule has 5 nitrogen and oxygen atoms in total. The van der Waals surface area contributed by atoms with Gasteiger partial charge in [-0.1, -0.05) is 47.5 Å². The van der Waals surface area contributed by atoms with Crippen molar-refractivity contribution in [2.75, 3.05) is 7.05 Å². The van der Waals surface area contributed by atoms with E-state index in [-0.39, 0.29) is 12.3 Å². The summed E-state index contributed by atoms with van der Waals surface area (Å²) in [6.45, 7) is 0.453. The summed E-state index contributed by atoms with van der Waals surface area (Å²) in [5.41, 5.74) is 1.77. The molecule has 0 unspecified atom stereocenters. The lowest BCUT2D eigenvalue weighted by atomic mass is 10.2. The molecule has 7 heteroatoms. The highest BCUT2D eigenvalue weighted by Crippen LogP contribution is 2.23. The molecule has 0 bridgehead atoms. The zero-order valence-corrected chi connectivity index (χ0v) is 15.7. The fourth-order valence-electron chi connectivity index (χ4n) is 2.46. The van der Waals surface area contributed by atoms with Crippen LogP contribution in [0, 0.1) is 0 Å². The van der Waals surface area contributed by atoms with Crippen molar-refractivity contribution < 1.29 is 9.21 Å². The van der Waals surface area contributed by atoms with Gasteiger partial charge in [-0.2, -0.15) is 0 Å². The molecule has 134 valence electrons. The smallest absolute Gasteiger partial charge is 0.247 e. The molecule has 0 atom stereocenters. The number of hydrogen-bond donors (Lipinski definition) is 0. The summed E-state index contributed by atoms with van der Waals surface area (Å²) in [5, 5.41) is 9.01. The van der Waals surface area contributed by atoms with E-state index in [1.807, 2.05) is 36.4 Å². The third-order valence-corrected chi connectivity index (χ3v) is 4.61. The van der Waals surface area contributed by atoms with Gasteiger partial charge in [0, 0.05) is 32.0 Å². The molecular formula is C19H17Cl2N3O2. The van der Waals surface area contributed by atoms with E-state index >= 15 is 0 Å². The standard InChI is InChI=1S/C19H17Cl2N3O2/c1-24(12-13-7-8-15(20)16(21)11-13)18(25)10-9-17-22-23-19(26-17)14-5-3-2-4-6-14/h2-8,11H,9-10,12H2,1H3. The van der Waals surface area contributed by atoms with E-state index in [1.165, 1.54) is 0 Å². The third kappa shape index (κ3) is 4.62. The Morgan fingerprint density at radius 2 is 1.85 bits per heavy atom. The van der Waals surface area contributed by atoms with Crippen LogP contribution in [-0.4, -0.2) is 28.1 Å². The van der Waals surface area contributed by atoms with Gasteiger partial charge >= 0.3 is 0 Å². The number of nitrogens with zero attached hydrogens (tertiary/aromatic N) is 3. The van der Waals surface area contributed by atoms with Crippen molar-refractivity contribution in [3.05, 3.63) is 70.0 Å². The Morgan fingerprint density at radius 3 is 2.58 bits per heavy atom. The molecule has 0 aliphatic heterocycles. The fraction of sp³-hybridized carbons (Fsp3) is 0.211. The zero-order chi connectivity index (χ0) is 18.5. The lowest BCUT2D eigenvalue weighted by Gasteiger charge is -2.17. The van der Waals surface area contributed by atoms with Crippen LogP contribution in [0.4, 0.5) is 0 Å². The summed E-state index contributed by atoms with van der Waals surface area (Å²) >= 11 is 11.9. The second kappa shape index (κ2) is 8.34. The highest BCUT2D eigenvalue weighted by Gasteiger charge is 2.14. The maximum absolute atomic E-state index is 12.3. The lowest BCUT2D eigenvalue weighted by molar-refractivity contribution is -0.130. The molecule has 0 spiro atoms. The molecule has 2 aromatic carbocycles. The van der Waals surface area contributed by atoms with Crippen molar-refractivity contribution in [2.45, 2.75) is 19.4 Å². The Morgan fingerprint density at radius 1 is 1.08 bits per heavy atom. The van der Waals surface area contributed by atoms with E-state index in [9.17, 15) is 4.79 Å². The molecule has 0 aliphatic rings. The number of aryl methyl sites for hydroxylation is 1. The SMILES string of the molecule is CN(Cc1ccc(Cl)c(Cl)c1)C(=O)CCc1nnc(-c2ccccc2)o1. The van der Waals surface area contributed by atoms with Gasteiger partial charge in [-0.05, 0) is 29.8 Å². The van der Waals surface area contributed by atoms with Gasteiger partial charge in [0.1, 0.15) is 0 Å². The first-order valence-corrected chi connectivity index (χ1v) is 8.84. The molecule has 0 N–H and O–H groups in total. The van der Waals surface area contributed by atoms with Crippen LogP contribution in [0.1, 0.15) is 17.9 Å². The predicted octanol–water partition coefficient (Wildman–Crippen LogP) is 4.63. The first kappa shape index (κ1) is 18.4. The Bertz CT molecular complexity index is 897. The Labute approximate surface area is 161 Å². The Kier molecular flexibility index (Phi) is 5.91. The molecule has 0 radical (unpaired) electrons. The van der Waals surface area contributed by atoms with Gasteiger partial charge in [0.2, 0.25) is 17.7 Å². The number of halogens is 2. The monoisotopic (exact) mass is 389 g/mol.